The molecule has 1 aromatic carbocycles. The zero-order valence-electron chi connectivity index (χ0n) is 5.51. The number of aliphatic hydroxyl groups is 1. The molecule has 0 aliphatic rings. The minimum atomic E-state index is -0.193. The maximum atomic E-state index is 9.15. The lowest BCUT2D eigenvalue weighted by atomic mass is 10.2. The monoisotopic (exact) mass is 236 g/mol. The van der Waals surface area contributed by atoms with Gasteiger partial charge >= 0.3 is 0 Å². The van der Waals surface area contributed by atoms with Crippen molar-refractivity contribution in [3.63, 3.8) is 0 Å². The normalized spacial score (nSPS) is 10.1. The van der Waals surface area contributed by atoms with Crippen molar-refractivity contribution in [2.24, 2.45) is 0 Å². The Morgan fingerprint density at radius 2 is 2.09 bits per heavy atom. The molecule has 11 heavy (non-hydrogen) atoms. The Balaban J connectivity index is 3.21. The van der Waals surface area contributed by atoms with E-state index < -0.39 is 0 Å². The van der Waals surface area contributed by atoms with Crippen LogP contribution in [0.5, 0.6) is 5.75 Å². The summed E-state index contributed by atoms with van der Waals surface area (Å²) in [7, 11) is 0. The molecule has 0 saturated carbocycles. The van der Waals surface area contributed by atoms with Crippen LogP contribution in [-0.2, 0) is 6.61 Å². The Morgan fingerprint density at radius 3 is 2.64 bits per heavy atom. The first-order chi connectivity index (χ1) is 5.15. The van der Waals surface area contributed by atoms with E-state index in [4.69, 9.17) is 21.8 Å². The lowest BCUT2D eigenvalue weighted by Gasteiger charge is -2.02. The van der Waals surface area contributed by atoms with Crippen LogP contribution < -0.4 is 0 Å². The second kappa shape index (κ2) is 3.43. The molecule has 4 heteroatoms. The van der Waals surface area contributed by atoms with E-state index >= 15 is 0 Å². The predicted molar refractivity (Wildman–Crippen MR) is 46.7 cm³/mol. The van der Waals surface area contributed by atoms with Crippen LogP contribution in [0, 0.1) is 0 Å². The van der Waals surface area contributed by atoms with Gasteiger partial charge in [0.05, 0.1) is 11.6 Å². The van der Waals surface area contributed by atoms with Gasteiger partial charge in [0.15, 0.2) is 0 Å². The molecule has 0 fully saturated rings. The van der Waals surface area contributed by atoms with Gasteiger partial charge in [-0.05, 0) is 22.0 Å². The number of hydrogen-bond donors (Lipinski definition) is 2. The van der Waals surface area contributed by atoms with Gasteiger partial charge in [0, 0.05) is 16.1 Å². The third-order valence-electron chi connectivity index (χ3n) is 1.29. The van der Waals surface area contributed by atoms with Crippen LogP contribution in [-0.4, -0.2) is 10.2 Å². The minimum absolute atomic E-state index is 0.0145. The first-order valence-corrected chi connectivity index (χ1v) is 4.10. The molecule has 0 aliphatic heterocycles. The summed E-state index contributed by atoms with van der Waals surface area (Å²) in [4.78, 5) is 0. The molecular weight excluding hydrogens is 231 g/mol. The van der Waals surface area contributed by atoms with E-state index in [-0.39, 0.29) is 12.4 Å². The Morgan fingerprint density at radius 1 is 1.45 bits per heavy atom. The molecular formula is C7H6BrClO2. The Kier molecular flexibility index (Phi) is 2.76. The fourth-order valence-electron chi connectivity index (χ4n) is 0.704. The molecule has 0 radical (unpaired) electrons. The summed E-state index contributed by atoms with van der Waals surface area (Å²) in [5.41, 5.74) is 0.460. The second-order valence-corrected chi connectivity index (χ2v) is 3.31. The molecule has 2 N–H and O–H groups in total. The molecule has 1 aromatic rings. The van der Waals surface area contributed by atoms with Crippen molar-refractivity contribution in [1.82, 2.24) is 0 Å². The van der Waals surface area contributed by atoms with Gasteiger partial charge in [-0.1, -0.05) is 11.6 Å². The van der Waals surface area contributed by atoms with Crippen molar-refractivity contribution in [3.8, 4) is 5.75 Å². The summed E-state index contributed by atoms with van der Waals surface area (Å²) in [5.74, 6) is 0.0145. The average Bonchev–Trinajstić information content (AvgIpc) is 1.97. The highest BCUT2D eigenvalue weighted by atomic mass is 79.9. The number of phenols is 1. The highest BCUT2D eigenvalue weighted by molar-refractivity contribution is 9.10. The molecule has 0 amide bonds. The maximum Gasteiger partial charge on any atom is 0.122 e. The SMILES string of the molecule is OCc1cc(Br)c(Cl)cc1O. The Hall–Kier alpha value is -0.250. The summed E-state index contributed by atoms with van der Waals surface area (Å²) in [6, 6.07) is 2.97. The molecule has 0 unspecified atom stereocenters. The van der Waals surface area contributed by atoms with Crippen LogP contribution in [0.3, 0.4) is 0 Å². The number of aromatic hydroxyl groups is 1. The van der Waals surface area contributed by atoms with Gasteiger partial charge in [-0.25, -0.2) is 0 Å². The highest BCUT2D eigenvalue weighted by Gasteiger charge is 2.04. The van der Waals surface area contributed by atoms with Gasteiger partial charge in [0.1, 0.15) is 5.75 Å². The molecule has 0 aliphatic carbocycles. The molecule has 60 valence electrons. The second-order valence-electron chi connectivity index (χ2n) is 2.05. The standard InChI is InChI=1S/C7H6BrClO2/c8-5-1-4(3-10)7(11)2-6(5)9/h1-2,10-11H,3H2. The molecule has 0 aromatic heterocycles. The molecule has 0 spiro atoms. The van der Waals surface area contributed by atoms with Crippen molar-refractivity contribution < 1.29 is 10.2 Å². The maximum absolute atomic E-state index is 9.15. The summed E-state index contributed by atoms with van der Waals surface area (Å²) in [6.45, 7) is -0.193. The van der Waals surface area contributed by atoms with Crippen LogP contribution >= 0.6 is 27.5 Å². The summed E-state index contributed by atoms with van der Waals surface area (Å²) >= 11 is 8.82. The van der Waals surface area contributed by atoms with E-state index in [1.807, 2.05) is 0 Å². The quantitative estimate of drug-likeness (QED) is 0.787. The van der Waals surface area contributed by atoms with Crippen LogP contribution in [0.1, 0.15) is 5.56 Å². The lowest BCUT2D eigenvalue weighted by molar-refractivity contribution is 0.275. The zero-order valence-corrected chi connectivity index (χ0v) is 7.85. The van der Waals surface area contributed by atoms with Gasteiger partial charge < -0.3 is 10.2 Å². The number of halogens is 2. The van der Waals surface area contributed by atoms with E-state index in [9.17, 15) is 0 Å². The van der Waals surface area contributed by atoms with Crippen molar-refractivity contribution in [2.75, 3.05) is 0 Å². The van der Waals surface area contributed by atoms with Crippen LogP contribution in [0.25, 0.3) is 0 Å². The fourth-order valence-corrected chi connectivity index (χ4v) is 1.25. The first-order valence-electron chi connectivity index (χ1n) is 2.93. The summed E-state index contributed by atoms with van der Waals surface area (Å²) < 4.78 is 0.668. The summed E-state index contributed by atoms with van der Waals surface area (Å²) in [5, 5.41) is 18.3. The number of hydrogen-bond acceptors (Lipinski definition) is 2. The lowest BCUT2D eigenvalue weighted by Crippen LogP contribution is -1.84. The largest absolute Gasteiger partial charge is 0.508 e. The predicted octanol–water partition coefficient (Wildman–Crippen LogP) is 2.30. The van der Waals surface area contributed by atoms with E-state index in [2.05, 4.69) is 15.9 Å². The first kappa shape index (κ1) is 8.84. The third-order valence-corrected chi connectivity index (χ3v) is 2.49. The molecule has 2 nitrogen and oxygen atoms in total. The average molecular weight is 237 g/mol. The molecule has 1 rings (SSSR count). The summed E-state index contributed by atoms with van der Waals surface area (Å²) in [6.07, 6.45) is 0. The molecule has 0 heterocycles. The third kappa shape index (κ3) is 1.86. The van der Waals surface area contributed by atoms with Crippen molar-refractivity contribution in [1.29, 1.82) is 0 Å². The Labute approximate surface area is 77.6 Å². The number of rotatable bonds is 1. The van der Waals surface area contributed by atoms with Crippen molar-refractivity contribution in [2.45, 2.75) is 6.61 Å². The van der Waals surface area contributed by atoms with Crippen molar-refractivity contribution >= 4 is 27.5 Å². The van der Waals surface area contributed by atoms with Crippen LogP contribution in [0.15, 0.2) is 16.6 Å². The molecule has 0 bridgehead atoms. The fraction of sp³-hybridized carbons (Fsp3) is 0.143. The minimum Gasteiger partial charge on any atom is -0.508 e. The smallest absolute Gasteiger partial charge is 0.122 e. The Bertz CT molecular complexity index is 275. The number of aliphatic hydroxyl groups excluding tert-OH is 1. The van der Waals surface area contributed by atoms with Crippen LogP contribution in [0.2, 0.25) is 5.02 Å². The van der Waals surface area contributed by atoms with E-state index in [1.54, 1.807) is 6.07 Å². The zero-order chi connectivity index (χ0) is 8.43. The van der Waals surface area contributed by atoms with E-state index in [0.29, 0.717) is 15.1 Å². The van der Waals surface area contributed by atoms with Gasteiger partial charge in [-0.15, -0.1) is 0 Å². The molecule has 0 saturated heterocycles. The number of benzene rings is 1. The van der Waals surface area contributed by atoms with E-state index in [1.165, 1.54) is 6.07 Å². The van der Waals surface area contributed by atoms with Gasteiger partial charge in [0.2, 0.25) is 0 Å². The molecule has 0 atom stereocenters. The van der Waals surface area contributed by atoms with Gasteiger partial charge in [0.25, 0.3) is 0 Å². The van der Waals surface area contributed by atoms with Crippen molar-refractivity contribution in [3.05, 3.63) is 27.2 Å². The topological polar surface area (TPSA) is 40.5 Å². The van der Waals surface area contributed by atoms with E-state index in [0.717, 1.165) is 0 Å². The highest BCUT2D eigenvalue weighted by Crippen LogP contribution is 2.29. The van der Waals surface area contributed by atoms with Gasteiger partial charge in [-0.3, -0.25) is 0 Å². The van der Waals surface area contributed by atoms with Gasteiger partial charge in [-0.2, -0.15) is 0 Å². The van der Waals surface area contributed by atoms with Crippen LogP contribution in [0.4, 0.5) is 0 Å².